The fraction of sp³-hybridized carbons (Fsp3) is 0.200. The molecule has 2 aromatic rings. The van der Waals surface area contributed by atoms with E-state index in [1.165, 1.54) is 16.7 Å². The maximum atomic E-state index is 6.00. The summed E-state index contributed by atoms with van der Waals surface area (Å²) in [6.45, 7) is 2.09. The van der Waals surface area contributed by atoms with Crippen molar-refractivity contribution in [1.82, 2.24) is 0 Å². The predicted octanol–water partition coefficient (Wildman–Crippen LogP) is 6.09. The highest BCUT2D eigenvalue weighted by Crippen LogP contribution is 2.33. The van der Waals surface area contributed by atoms with Crippen molar-refractivity contribution < 1.29 is 0 Å². The lowest BCUT2D eigenvalue weighted by Crippen LogP contribution is -1.97. The molecular weight excluding hydrogens is 375 g/mol. The zero-order valence-electron chi connectivity index (χ0n) is 9.96. The molecule has 94 valence electrons. The predicted molar refractivity (Wildman–Crippen MR) is 85.7 cm³/mol. The fourth-order valence-corrected chi connectivity index (χ4v) is 3.93. The second-order valence-electron chi connectivity index (χ2n) is 4.33. The number of benzene rings is 2. The standard InChI is InChI=1S/C15H13Br2Cl/c1-10-5-6-13(14(16)7-10)15(17)9-11-3-2-4-12(18)8-11/h2-8,15H,9H2,1H3. The third-order valence-corrected chi connectivity index (χ3v) is 4.54. The lowest BCUT2D eigenvalue weighted by atomic mass is 10.0. The number of alkyl halides is 1. The summed E-state index contributed by atoms with van der Waals surface area (Å²) in [5.74, 6) is 0. The van der Waals surface area contributed by atoms with Gasteiger partial charge in [0.2, 0.25) is 0 Å². The van der Waals surface area contributed by atoms with Gasteiger partial charge in [0.1, 0.15) is 0 Å². The van der Waals surface area contributed by atoms with Crippen LogP contribution >= 0.6 is 43.5 Å². The van der Waals surface area contributed by atoms with E-state index in [1.54, 1.807) is 0 Å². The van der Waals surface area contributed by atoms with E-state index in [-0.39, 0.29) is 4.83 Å². The van der Waals surface area contributed by atoms with Crippen molar-refractivity contribution in [2.45, 2.75) is 18.2 Å². The largest absolute Gasteiger partial charge is 0.0843 e. The quantitative estimate of drug-likeness (QED) is 0.558. The normalized spacial score (nSPS) is 12.4. The van der Waals surface area contributed by atoms with E-state index in [0.29, 0.717) is 0 Å². The summed E-state index contributed by atoms with van der Waals surface area (Å²) in [7, 11) is 0. The van der Waals surface area contributed by atoms with E-state index in [4.69, 9.17) is 11.6 Å². The molecular formula is C15H13Br2Cl. The first-order chi connectivity index (χ1) is 8.56. The number of hydrogen-bond donors (Lipinski definition) is 0. The third-order valence-electron chi connectivity index (χ3n) is 2.80. The second kappa shape index (κ2) is 6.23. The van der Waals surface area contributed by atoms with Crippen LogP contribution < -0.4 is 0 Å². The van der Waals surface area contributed by atoms with Crippen molar-refractivity contribution in [2.75, 3.05) is 0 Å². The van der Waals surface area contributed by atoms with Crippen LogP contribution in [0.4, 0.5) is 0 Å². The van der Waals surface area contributed by atoms with Gasteiger partial charge >= 0.3 is 0 Å². The van der Waals surface area contributed by atoms with Crippen LogP contribution in [0.5, 0.6) is 0 Å². The monoisotopic (exact) mass is 386 g/mol. The van der Waals surface area contributed by atoms with Crippen LogP contribution in [0.1, 0.15) is 21.5 Å². The summed E-state index contributed by atoms with van der Waals surface area (Å²) in [6, 6.07) is 14.4. The van der Waals surface area contributed by atoms with Gasteiger partial charge < -0.3 is 0 Å². The zero-order chi connectivity index (χ0) is 13.1. The molecule has 0 N–H and O–H groups in total. The molecule has 0 heterocycles. The minimum absolute atomic E-state index is 0.283. The Bertz CT molecular complexity index is 552. The van der Waals surface area contributed by atoms with E-state index in [9.17, 15) is 0 Å². The van der Waals surface area contributed by atoms with Gasteiger partial charge in [0.05, 0.1) is 0 Å². The SMILES string of the molecule is Cc1ccc(C(Br)Cc2cccc(Cl)c2)c(Br)c1. The molecule has 18 heavy (non-hydrogen) atoms. The van der Waals surface area contributed by atoms with Gasteiger partial charge in [0.15, 0.2) is 0 Å². The first-order valence-corrected chi connectivity index (χ1v) is 7.79. The molecule has 3 heteroatoms. The fourth-order valence-electron chi connectivity index (χ4n) is 1.87. The summed E-state index contributed by atoms with van der Waals surface area (Å²) in [5.41, 5.74) is 3.76. The Morgan fingerprint density at radius 1 is 1.17 bits per heavy atom. The average molecular weight is 389 g/mol. The van der Waals surface area contributed by atoms with E-state index >= 15 is 0 Å². The van der Waals surface area contributed by atoms with Crippen molar-refractivity contribution >= 4 is 43.5 Å². The highest BCUT2D eigenvalue weighted by Gasteiger charge is 2.12. The second-order valence-corrected chi connectivity index (χ2v) is 6.72. The summed E-state index contributed by atoms with van der Waals surface area (Å²) in [5, 5.41) is 0.787. The van der Waals surface area contributed by atoms with E-state index < -0.39 is 0 Å². The Morgan fingerprint density at radius 2 is 1.94 bits per heavy atom. The van der Waals surface area contributed by atoms with Crippen LogP contribution in [-0.2, 0) is 6.42 Å². The molecule has 0 nitrogen and oxygen atoms in total. The van der Waals surface area contributed by atoms with Crippen molar-refractivity contribution in [2.24, 2.45) is 0 Å². The molecule has 0 amide bonds. The number of hydrogen-bond acceptors (Lipinski definition) is 0. The molecule has 2 rings (SSSR count). The summed E-state index contributed by atoms with van der Waals surface area (Å²) >= 11 is 13.4. The topological polar surface area (TPSA) is 0 Å². The molecule has 0 aliphatic carbocycles. The van der Waals surface area contributed by atoms with Crippen LogP contribution in [0.15, 0.2) is 46.9 Å². The summed E-state index contributed by atoms with van der Waals surface area (Å²) < 4.78 is 1.14. The lowest BCUT2D eigenvalue weighted by Gasteiger charge is -2.13. The van der Waals surface area contributed by atoms with Crippen molar-refractivity contribution in [3.05, 3.63) is 68.7 Å². The molecule has 0 aliphatic rings. The minimum Gasteiger partial charge on any atom is -0.0843 e. The maximum Gasteiger partial charge on any atom is 0.0446 e. The molecule has 0 bridgehead atoms. The first kappa shape index (κ1) is 14.1. The molecule has 2 aromatic carbocycles. The third kappa shape index (κ3) is 3.59. The Kier molecular flexibility index (Phi) is 4.88. The van der Waals surface area contributed by atoms with Crippen molar-refractivity contribution in [3.63, 3.8) is 0 Å². The van der Waals surface area contributed by atoms with Gasteiger partial charge in [-0.1, -0.05) is 67.7 Å². The Balaban J connectivity index is 2.19. The molecule has 1 unspecified atom stereocenters. The van der Waals surface area contributed by atoms with E-state index in [1.807, 2.05) is 18.2 Å². The van der Waals surface area contributed by atoms with Crippen LogP contribution in [0.25, 0.3) is 0 Å². The summed E-state index contributed by atoms with van der Waals surface area (Å²) in [4.78, 5) is 0.283. The van der Waals surface area contributed by atoms with Crippen LogP contribution in [-0.4, -0.2) is 0 Å². The van der Waals surface area contributed by atoms with Gasteiger partial charge in [0, 0.05) is 14.3 Å². The van der Waals surface area contributed by atoms with E-state index in [2.05, 4.69) is 63.0 Å². The molecule has 0 spiro atoms. The molecule has 0 aliphatic heterocycles. The highest BCUT2D eigenvalue weighted by atomic mass is 79.9. The van der Waals surface area contributed by atoms with Crippen LogP contribution in [0.2, 0.25) is 5.02 Å². The molecule has 0 radical (unpaired) electrons. The molecule has 1 atom stereocenters. The van der Waals surface area contributed by atoms with Gasteiger partial charge in [-0.05, 0) is 48.2 Å². The highest BCUT2D eigenvalue weighted by molar-refractivity contribution is 9.11. The van der Waals surface area contributed by atoms with Crippen molar-refractivity contribution in [1.29, 1.82) is 0 Å². The smallest absolute Gasteiger partial charge is 0.0446 e. The van der Waals surface area contributed by atoms with Gasteiger partial charge in [0.25, 0.3) is 0 Å². The number of halogens is 3. The Hall–Kier alpha value is -0.310. The molecule has 0 aromatic heterocycles. The Morgan fingerprint density at radius 3 is 2.61 bits per heavy atom. The molecule has 0 fully saturated rings. The zero-order valence-corrected chi connectivity index (χ0v) is 13.9. The van der Waals surface area contributed by atoms with Crippen LogP contribution in [0, 0.1) is 6.92 Å². The number of aryl methyl sites for hydroxylation is 1. The number of rotatable bonds is 3. The van der Waals surface area contributed by atoms with Gasteiger partial charge in [-0.3, -0.25) is 0 Å². The summed E-state index contributed by atoms with van der Waals surface area (Å²) in [6.07, 6.45) is 0.919. The minimum atomic E-state index is 0.283. The van der Waals surface area contributed by atoms with Crippen LogP contribution in [0.3, 0.4) is 0 Å². The van der Waals surface area contributed by atoms with Crippen molar-refractivity contribution in [3.8, 4) is 0 Å². The van der Waals surface area contributed by atoms with Gasteiger partial charge in [-0.15, -0.1) is 0 Å². The maximum absolute atomic E-state index is 6.00. The lowest BCUT2D eigenvalue weighted by molar-refractivity contribution is 0.942. The molecule has 0 saturated heterocycles. The van der Waals surface area contributed by atoms with Gasteiger partial charge in [-0.2, -0.15) is 0 Å². The Labute approximate surface area is 130 Å². The molecule has 0 saturated carbocycles. The van der Waals surface area contributed by atoms with Gasteiger partial charge in [-0.25, -0.2) is 0 Å². The average Bonchev–Trinajstić information content (AvgIpc) is 2.28. The first-order valence-electron chi connectivity index (χ1n) is 5.71. The van der Waals surface area contributed by atoms with E-state index in [0.717, 1.165) is 15.9 Å².